The third kappa shape index (κ3) is 6.91. The van der Waals surface area contributed by atoms with Gasteiger partial charge in [0.05, 0.1) is 31.4 Å². The maximum Gasteiger partial charge on any atom is 0.232 e. The second kappa shape index (κ2) is 12.5. The van der Waals surface area contributed by atoms with Crippen LogP contribution in [0.3, 0.4) is 0 Å². The monoisotopic (exact) mass is 510 g/mol. The van der Waals surface area contributed by atoms with Crippen LogP contribution >= 0.6 is 0 Å². The van der Waals surface area contributed by atoms with Crippen molar-refractivity contribution in [3.8, 4) is 17.4 Å². The molecule has 0 aliphatic heterocycles. The number of hydrogen-bond donors (Lipinski definition) is 6. The predicted octanol–water partition coefficient (Wildman–Crippen LogP) is 0.651. The summed E-state index contributed by atoms with van der Waals surface area (Å²) < 4.78 is 40.7. The molecular formula is C21H30N6O7S. The summed E-state index contributed by atoms with van der Waals surface area (Å²) in [6.07, 6.45) is 2.60. The van der Waals surface area contributed by atoms with Crippen molar-refractivity contribution in [2.75, 3.05) is 44.5 Å². The van der Waals surface area contributed by atoms with E-state index in [1.54, 1.807) is 12.1 Å². The lowest BCUT2D eigenvalue weighted by Gasteiger charge is -2.25. The van der Waals surface area contributed by atoms with Crippen molar-refractivity contribution in [2.45, 2.75) is 31.4 Å². The molecule has 0 amide bonds. The Morgan fingerprint density at radius 2 is 2.09 bits per heavy atom. The number of nitrogens with zero attached hydrogens (tertiary/aromatic N) is 3. The smallest absolute Gasteiger partial charge is 0.232 e. The number of hydrogen-bond acceptors (Lipinski definition) is 12. The molecule has 35 heavy (non-hydrogen) atoms. The molecule has 6 N–H and O–H groups in total. The SMILES string of the molecule is CN([C@@H]1CCC[C@H]1Oc1nc(Nc2ccc(OCCOCCO)c(O)c2)nc(N)c1C=N)[SH](=O)=O. The number of nitrogens with one attached hydrogen (secondary N) is 2. The number of likely N-dealkylation sites (N-methyl/N-ethyl adjacent to an activating group) is 1. The molecule has 1 aromatic carbocycles. The van der Waals surface area contributed by atoms with Crippen LogP contribution in [0.2, 0.25) is 0 Å². The first-order chi connectivity index (χ1) is 16.8. The number of aromatic hydroxyl groups is 1. The molecule has 0 unspecified atom stereocenters. The van der Waals surface area contributed by atoms with Gasteiger partial charge in [-0.05, 0) is 31.4 Å². The van der Waals surface area contributed by atoms with Gasteiger partial charge in [0, 0.05) is 25.0 Å². The highest BCUT2D eigenvalue weighted by atomic mass is 32.2. The summed E-state index contributed by atoms with van der Waals surface area (Å²) in [5, 5.41) is 29.6. The van der Waals surface area contributed by atoms with Crippen LogP contribution in [0.4, 0.5) is 17.5 Å². The van der Waals surface area contributed by atoms with E-state index in [1.807, 2.05) is 0 Å². The second-order valence-electron chi connectivity index (χ2n) is 7.75. The number of benzene rings is 1. The van der Waals surface area contributed by atoms with Crippen LogP contribution < -0.4 is 20.5 Å². The molecule has 2 atom stereocenters. The van der Waals surface area contributed by atoms with Crippen LogP contribution in [-0.2, 0) is 15.6 Å². The van der Waals surface area contributed by atoms with Gasteiger partial charge in [0.2, 0.25) is 22.7 Å². The van der Waals surface area contributed by atoms with E-state index in [2.05, 4.69) is 15.3 Å². The van der Waals surface area contributed by atoms with E-state index in [1.165, 1.54) is 17.4 Å². The lowest BCUT2D eigenvalue weighted by molar-refractivity contribution is 0.0699. The zero-order valence-corrected chi connectivity index (χ0v) is 20.1. The molecule has 3 rings (SSSR count). The molecule has 1 heterocycles. The zero-order chi connectivity index (χ0) is 25.4. The van der Waals surface area contributed by atoms with E-state index >= 15 is 0 Å². The summed E-state index contributed by atoms with van der Waals surface area (Å²) in [6.45, 7) is 0.591. The topological polar surface area (TPSA) is 193 Å². The molecule has 2 aromatic rings. The Morgan fingerprint density at radius 1 is 1.29 bits per heavy atom. The fraction of sp³-hybridized carbons (Fsp3) is 0.476. The molecule has 0 saturated heterocycles. The zero-order valence-electron chi connectivity index (χ0n) is 19.2. The van der Waals surface area contributed by atoms with E-state index in [4.69, 9.17) is 30.5 Å². The Hall–Kier alpha value is -3.20. The maximum absolute atomic E-state index is 11.4. The molecule has 1 saturated carbocycles. The minimum absolute atomic E-state index is 0.0114. The van der Waals surface area contributed by atoms with Gasteiger partial charge >= 0.3 is 0 Å². The average Bonchev–Trinajstić information content (AvgIpc) is 3.27. The number of phenolic OH excluding ortho intramolecular Hbond substituents is 1. The number of thiol groups is 1. The van der Waals surface area contributed by atoms with Crippen LogP contribution in [0.1, 0.15) is 24.8 Å². The molecule has 0 spiro atoms. The molecule has 1 aliphatic rings. The quantitative estimate of drug-likeness (QED) is 0.126. The first-order valence-corrected chi connectivity index (χ1v) is 12.1. The molecule has 1 aliphatic carbocycles. The van der Waals surface area contributed by atoms with Crippen molar-refractivity contribution in [1.82, 2.24) is 14.3 Å². The Morgan fingerprint density at radius 3 is 2.77 bits per heavy atom. The van der Waals surface area contributed by atoms with Gasteiger partial charge < -0.3 is 40.9 Å². The third-order valence-corrected chi connectivity index (χ3v) is 6.25. The number of rotatable bonds is 13. The van der Waals surface area contributed by atoms with E-state index in [-0.39, 0.29) is 67.2 Å². The van der Waals surface area contributed by atoms with E-state index < -0.39 is 17.0 Å². The molecule has 1 aromatic heterocycles. The first-order valence-electron chi connectivity index (χ1n) is 11.0. The van der Waals surface area contributed by atoms with Crippen molar-refractivity contribution in [1.29, 1.82) is 5.41 Å². The highest BCUT2D eigenvalue weighted by Gasteiger charge is 2.34. The van der Waals surface area contributed by atoms with Gasteiger partial charge in [0.15, 0.2) is 11.5 Å². The van der Waals surface area contributed by atoms with Gasteiger partial charge in [-0.1, -0.05) is 0 Å². The van der Waals surface area contributed by atoms with Crippen LogP contribution in [0.15, 0.2) is 18.2 Å². The average molecular weight is 511 g/mol. The Labute approximate surface area is 204 Å². The van der Waals surface area contributed by atoms with Gasteiger partial charge in [0.1, 0.15) is 18.5 Å². The number of anilines is 3. The molecule has 14 heteroatoms. The van der Waals surface area contributed by atoms with Crippen LogP contribution in [0, 0.1) is 5.41 Å². The molecule has 1 fully saturated rings. The summed E-state index contributed by atoms with van der Waals surface area (Å²) >= 11 is 0. The molecule has 0 bridgehead atoms. The predicted molar refractivity (Wildman–Crippen MR) is 129 cm³/mol. The Bertz CT molecular complexity index is 1090. The largest absolute Gasteiger partial charge is 0.504 e. The van der Waals surface area contributed by atoms with Crippen molar-refractivity contribution in [3.05, 3.63) is 23.8 Å². The number of aliphatic hydroxyl groups is 1. The molecule has 13 nitrogen and oxygen atoms in total. The van der Waals surface area contributed by atoms with Gasteiger partial charge in [-0.25, -0.2) is 12.7 Å². The number of ether oxygens (including phenoxy) is 3. The molecule has 192 valence electrons. The lowest BCUT2D eigenvalue weighted by Crippen LogP contribution is -2.39. The van der Waals surface area contributed by atoms with E-state index in [9.17, 15) is 13.5 Å². The highest BCUT2D eigenvalue weighted by Crippen LogP contribution is 2.32. The van der Waals surface area contributed by atoms with Gasteiger partial charge in [-0.3, -0.25) is 0 Å². The van der Waals surface area contributed by atoms with Crippen LogP contribution in [-0.4, -0.2) is 84.7 Å². The normalized spacial score (nSPS) is 17.6. The maximum atomic E-state index is 11.4. The summed E-state index contributed by atoms with van der Waals surface area (Å²) in [5.74, 6) is 0.276. The first kappa shape index (κ1) is 26.4. The number of nitrogens with two attached hydrogens (primary N) is 1. The number of nitrogen functional groups attached to an aromatic ring is 1. The van der Waals surface area contributed by atoms with Crippen LogP contribution in [0.5, 0.6) is 17.4 Å². The van der Waals surface area contributed by atoms with Crippen LogP contribution in [0.25, 0.3) is 0 Å². The minimum atomic E-state index is -2.76. The van der Waals surface area contributed by atoms with Gasteiger partial charge in [-0.2, -0.15) is 9.97 Å². The lowest BCUT2D eigenvalue weighted by atomic mass is 10.2. The summed E-state index contributed by atoms with van der Waals surface area (Å²) in [5.41, 5.74) is 6.65. The van der Waals surface area contributed by atoms with Gasteiger partial charge in [0.25, 0.3) is 0 Å². The second-order valence-corrected chi connectivity index (χ2v) is 8.86. The minimum Gasteiger partial charge on any atom is -0.504 e. The fourth-order valence-electron chi connectivity index (χ4n) is 3.71. The Balaban J connectivity index is 1.74. The number of aromatic nitrogens is 2. The van der Waals surface area contributed by atoms with E-state index in [0.29, 0.717) is 18.5 Å². The number of phenols is 1. The van der Waals surface area contributed by atoms with Gasteiger partial charge in [-0.15, -0.1) is 0 Å². The van der Waals surface area contributed by atoms with Crippen molar-refractivity contribution in [2.24, 2.45) is 0 Å². The Kier molecular flexibility index (Phi) is 9.42. The molecular weight excluding hydrogens is 480 g/mol. The number of aliphatic hydroxyl groups excluding tert-OH is 1. The fourth-order valence-corrected chi connectivity index (χ4v) is 4.21. The molecule has 0 radical (unpaired) electrons. The standard InChI is InChI=1S/C21H30N6O7S/c1-27(35(30)31)15-3-2-4-17(15)34-20-14(12-22)19(23)25-21(26-20)24-13-5-6-18(16(29)11-13)33-10-9-32-8-7-28/h5-6,11-12,15,17,22,28-29,35H,2-4,7-10H2,1H3,(H3,23,24,25,26)/t15-,17-/m1/s1. The summed E-state index contributed by atoms with van der Waals surface area (Å²) in [7, 11) is -1.26. The van der Waals surface area contributed by atoms with Crippen molar-refractivity contribution >= 4 is 34.6 Å². The third-order valence-electron chi connectivity index (χ3n) is 5.44. The summed E-state index contributed by atoms with van der Waals surface area (Å²) in [4.78, 5) is 8.49. The summed E-state index contributed by atoms with van der Waals surface area (Å²) in [6, 6.07) is 4.27. The van der Waals surface area contributed by atoms with Crippen molar-refractivity contribution in [3.63, 3.8) is 0 Å². The van der Waals surface area contributed by atoms with Crippen molar-refractivity contribution < 1.29 is 32.8 Å². The highest BCUT2D eigenvalue weighted by molar-refractivity contribution is 7.69. The van der Waals surface area contributed by atoms with E-state index in [0.717, 1.165) is 12.6 Å².